The van der Waals surface area contributed by atoms with Crippen LogP contribution in [0.4, 0.5) is 4.39 Å². The lowest BCUT2D eigenvalue weighted by Gasteiger charge is -2.32. The summed E-state index contributed by atoms with van der Waals surface area (Å²) in [5, 5.41) is 0. The number of hydrogen-bond donors (Lipinski definition) is 0. The summed E-state index contributed by atoms with van der Waals surface area (Å²) in [6, 6.07) is 6.71. The Morgan fingerprint density at radius 1 is 1.25 bits per heavy atom. The molecule has 1 fully saturated rings. The average molecular weight is 351 g/mol. The molecule has 1 atom stereocenters. The zero-order valence-electron chi connectivity index (χ0n) is 13.0. The Morgan fingerprint density at radius 2 is 2.04 bits per heavy atom. The van der Waals surface area contributed by atoms with E-state index in [1.165, 1.54) is 22.8 Å². The van der Waals surface area contributed by atoms with Gasteiger partial charge in [-0.1, -0.05) is 0 Å². The molecular weight excluding hydrogens is 333 g/mol. The van der Waals surface area contributed by atoms with Crippen molar-refractivity contribution < 1.29 is 17.5 Å². The van der Waals surface area contributed by atoms with Gasteiger partial charge in [0.25, 0.3) is 0 Å². The molecule has 1 aliphatic heterocycles. The summed E-state index contributed by atoms with van der Waals surface area (Å²) in [6.07, 6.45) is 4.34. The first-order valence-electron chi connectivity index (χ1n) is 7.68. The molecule has 8 heteroatoms. The molecule has 1 aliphatic rings. The lowest BCUT2D eigenvalue weighted by Crippen LogP contribution is -2.45. The number of hydrogen-bond acceptors (Lipinski definition) is 5. The van der Waals surface area contributed by atoms with Crippen molar-refractivity contribution in [2.75, 3.05) is 19.7 Å². The van der Waals surface area contributed by atoms with Gasteiger partial charge >= 0.3 is 0 Å². The van der Waals surface area contributed by atoms with Gasteiger partial charge in [-0.3, -0.25) is 0 Å². The summed E-state index contributed by atoms with van der Waals surface area (Å²) in [5.74, 6) is -0.460. The third-order valence-corrected chi connectivity index (χ3v) is 5.80. The van der Waals surface area contributed by atoms with Gasteiger partial charge in [-0.2, -0.15) is 4.31 Å². The van der Waals surface area contributed by atoms with Crippen LogP contribution in [0.2, 0.25) is 0 Å². The maximum atomic E-state index is 13.0. The molecule has 128 valence electrons. The number of halogens is 1. The van der Waals surface area contributed by atoms with E-state index in [-0.39, 0.29) is 17.5 Å². The van der Waals surface area contributed by atoms with Crippen LogP contribution in [0.25, 0.3) is 0 Å². The summed E-state index contributed by atoms with van der Waals surface area (Å²) in [4.78, 5) is 8.12. The predicted molar refractivity (Wildman–Crippen MR) is 85.3 cm³/mol. The molecule has 3 rings (SSSR count). The Kier molecular flexibility index (Phi) is 5.17. The molecule has 24 heavy (non-hydrogen) atoms. The Balaban J connectivity index is 1.65. The van der Waals surface area contributed by atoms with Crippen LogP contribution in [0.5, 0.6) is 0 Å². The maximum absolute atomic E-state index is 13.0. The Bertz CT molecular complexity index is 769. The molecule has 0 bridgehead atoms. The minimum atomic E-state index is -3.63. The van der Waals surface area contributed by atoms with E-state index >= 15 is 0 Å². The molecule has 2 heterocycles. The summed E-state index contributed by atoms with van der Waals surface area (Å²) in [7, 11) is -3.63. The number of aryl methyl sites for hydroxylation is 1. The maximum Gasteiger partial charge on any atom is 0.243 e. The third-order valence-electron chi connectivity index (χ3n) is 3.92. The lowest BCUT2D eigenvalue weighted by molar-refractivity contribution is -0.00538. The Morgan fingerprint density at radius 3 is 2.75 bits per heavy atom. The number of benzene rings is 1. The topological polar surface area (TPSA) is 72.4 Å². The first kappa shape index (κ1) is 16.9. The lowest BCUT2D eigenvalue weighted by atomic mass is 10.1. The van der Waals surface area contributed by atoms with Gasteiger partial charge in [0.2, 0.25) is 10.0 Å². The van der Waals surface area contributed by atoms with Crippen molar-refractivity contribution in [3.63, 3.8) is 0 Å². The zero-order valence-corrected chi connectivity index (χ0v) is 13.8. The first-order chi connectivity index (χ1) is 11.6. The van der Waals surface area contributed by atoms with Gasteiger partial charge in [0, 0.05) is 25.0 Å². The van der Waals surface area contributed by atoms with E-state index in [0.717, 1.165) is 17.8 Å². The summed E-state index contributed by atoms with van der Waals surface area (Å²) in [5.41, 5.74) is 0.895. The largest absolute Gasteiger partial charge is 0.375 e. The Labute approximate surface area is 140 Å². The second-order valence-corrected chi connectivity index (χ2v) is 7.49. The molecular formula is C16H18FN3O3S. The van der Waals surface area contributed by atoms with Crippen LogP contribution in [0.3, 0.4) is 0 Å². The van der Waals surface area contributed by atoms with Gasteiger partial charge in [-0.25, -0.2) is 22.8 Å². The van der Waals surface area contributed by atoms with Gasteiger partial charge in [0.1, 0.15) is 12.1 Å². The molecule has 0 aliphatic carbocycles. The van der Waals surface area contributed by atoms with Crippen LogP contribution in [0, 0.1) is 5.82 Å². The van der Waals surface area contributed by atoms with Crippen molar-refractivity contribution in [3.05, 3.63) is 54.4 Å². The van der Waals surface area contributed by atoms with Crippen molar-refractivity contribution in [3.8, 4) is 0 Å². The van der Waals surface area contributed by atoms with Crippen molar-refractivity contribution in [2.24, 2.45) is 0 Å². The van der Waals surface area contributed by atoms with Crippen LogP contribution >= 0.6 is 0 Å². The second kappa shape index (κ2) is 7.33. The van der Waals surface area contributed by atoms with Crippen LogP contribution in [0.15, 0.2) is 47.8 Å². The van der Waals surface area contributed by atoms with Gasteiger partial charge in [0.15, 0.2) is 0 Å². The quantitative estimate of drug-likeness (QED) is 0.819. The van der Waals surface area contributed by atoms with Crippen LogP contribution < -0.4 is 0 Å². The summed E-state index contributed by atoms with van der Waals surface area (Å²) >= 11 is 0. The number of aromatic nitrogens is 2. The van der Waals surface area contributed by atoms with E-state index in [0.29, 0.717) is 26.0 Å². The van der Waals surface area contributed by atoms with Crippen LogP contribution in [0.1, 0.15) is 12.1 Å². The molecule has 0 radical (unpaired) electrons. The van der Waals surface area contributed by atoms with Crippen molar-refractivity contribution >= 4 is 10.0 Å². The highest BCUT2D eigenvalue weighted by Crippen LogP contribution is 2.20. The van der Waals surface area contributed by atoms with Gasteiger partial charge in [-0.15, -0.1) is 0 Å². The van der Waals surface area contributed by atoms with Gasteiger partial charge < -0.3 is 4.74 Å². The van der Waals surface area contributed by atoms with Crippen molar-refractivity contribution in [2.45, 2.75) is 23.8 Å². The normalized spacial score (nSPS) is 19.3. The molecule has 1 unspecified atom stereocenters. The highest BCUT2D eigenvalue weighted by molar-refractivity contribution is 7.89. The van der Waals surface area contributed by atoms with Crippen molar-refractivity contribution in [1.29, 1.82) is 0 Å². The standard InChI is InChI=1S/C16H18FN3O3S/c17-13-1-5-16(6-2-13)24(21,22)20-9-10-23-15(11-20)4-3-14-7-8-18-12-19-14/h1-2,5-8,12,15H,3-4,9-11H2. The molecule has 0 saturated carbocycles. The minimum Gasteiger partial charge on any atom is -0.375 e. The number of ether oxygens (including phenoxy) is 1. The van der Waals surface area contributed by atoms with Crippen molar-refractivity contribution in [1.82, 2.24) is 14.3 Å². The molecule has 2 aromatic rings. The summed E-state index contributed by atoms with van der Waals surface area (Å²) in [6.45, 7) is 0.920. The SMILES string of the molecule is O=S(=O)(c1ccc(F)cc1)N1CCOC(CCc2ccncn2)C1. The fourth-order valence-corrected chi connectivity index (χ4v) is 4.07. The predicted octanol–water partition coefficient (Wildman–Crippen LogP) is 1.64. The molecule has 1 aromatic heterocycles. The van der Waals surface area contributed by atoms with Crippen LogP contribution in [-0.4, -0.2) is 48.5 Å². The third kappa shape index (κ3) is 3.95. The monoisotopic (exact) mass is 351 g/mol. The molecule has 0 N–H and O–H groups in total. The molecule has 0 amide bonds. The number of morpholine rings is 1. The number of rotatable bonds is 5. The summed E-state index contributed by atoms with van der Waals surface area (Å²) < 4.78 is 45.4. The Hall–Kier alpha value is -1.90. The van der Waals surface area contributed by atoms with E-state index in [1.54, 1.807) is 6.20 Å². The highest BCUT2D eigenvalue weighted by Gasteiger charge is 2.30. The molecule has 1 saturated heterocycles. The van der Waals surface area contributed by atoms with Crippen LogP contribution in [-0.2, 0) is 21.2 Å². The second-order valence-electron chi connectivity index (χ2n) is 5.55. The van der Waals surface area contributed by atoms with E-state index in [2.05, 4.69) is 9.97 Å². The zero-order chi connectivity index (χ0) is 17.0. The first-order valence-corrected chi connectivity index (χ1v) is 9.12. The smallest absolute Gasteiger partial charge is 0.243 e. The fraction of sp³-hybridized carbons (Fsp3) is 0.375. The highest BCUT2D eigenvalue weighted by atomic mass is 32.2. The minimum absolute atomic E-state index is 0.0975. The van der Waals surface area contributed by atoms with Gasteiger partial charge in [-0.05, 0) is 43.2 Å². The van der Waals surface area contributed by atoms with Gasteiger partial charge in [0.05, 0.1) is 17.6 Å². The van der Waals surface area contributed by atoms with E-state index in [1.807, 2.05) is 6.07 Å². The molecule has 1 aromatic carbocycles. The number of sulfonamides is 1. The molecule has 6 nitrogen and oxygen atoms in total. The van der Waals surface area contributed by atoms with E-state index in [9.17, 15) is 12.8 Å². The fourth-order valence-electron chi connectivity index (χ4n) is 2.62. The van der Waals surface area contributed by atoms with E-state index in [4.69, 9.17) is 4.74 Å². The van der Waals surface area contributed by atoms with E-state index < -0.39 is 15.8 Å². The molecule has 0 spiro atoms. The average Bonchev–Trinajstić information content (AvgIpc) is 2.61. The number of nitrogens with zero attached hydrogens (tertiary/aromatic N) is 3.